The number of nitrogens with zero attached hydrogens (tertiary/aromatic N) is 3. The summed E-state index contributed by atoms with van der Waals surface area (Å²) in [4.78, 5) is 21.2. The van der Waals surface area contributed by atoms with Crippen LogP contribution in [0.1, 0.15) is 51.0 Å². The van der Waals surface area contributed by atoms with Crippen LogP contribution in [-0.4, -0.2) is 41.6 Å². The summed E-state index contributed by atoms with van der Waals surface area (Å²) in [7, 11) is 0. The third-order valence-electron chi connectivity index (χ3n) is 5.00. The first-order chi connectivity index (χ1) is 11.2. The number of rotatable bonds is 3. The summed E-state index contributed by atoms with van der Waals surface area (Å²) in [6.45, 7) is 5.77. The fraction of sp³-hybridized carbons (Fsp3) is 0.667. The van der Waals surface area contributed by atoms with Crippen LogP contribution in [0.4, 0.5) is 10.6 Å². The minimum Gasteiger partial charge on any atom is -0.357 e. The molecule has 0 spiro atoms. The molecule has 23 heavy (non-hydrogen) atoms. The van der Waals surface area contributed by atoms with Gasteiger partial charge >= 0.3 is 6.03 Å². The molecular weight excluding hydrogens is 288 g/mol. The van der Waals surface area contributed by atoms with E-state index in [0.29, 0.717) is 12.6 Å². The van der Waals surface area contributed by atoms with Crippen LogP contribution in [0.2, 0.25) is 0 Å². The van der Waals surface area contributed by atoms with E-state index in [1.165, 1.54) is 25.7 Å². The molecule has 2 fully saturated rings. The van der Waals surface area contributed by atoms with E-state index < -0.39 is 0 Å². The van der Waals surface area contributed by atoms with Gasteiger partial charge in [-0.3, -0.25) is 0 Å². The second-order valence-electron chi connectivity index (χ2n) is 6.77. The summed E-state index contributed by atoms with van der Waals surface area (Å²) < 4.78 is 0. The van der Waals surface area contributed by atoms with E-state index in [0.717, 1.165) is 43.9 Å². The van der Waals surface area contributed by atoms with Crippen LogP contribution in [0.3, 0.4) is 0 Å². The minimum atomic E-state index is 0.0531. The molecular formula is C18H28N4O. The third-order valence-corrected chi connectivity index (χ3v) is 5.00. The van der Waals surface area contributed by atoms with Crippen molar-refractivity contribution in [2.45, 2.75) is 58.0 Å². The third kappa shape index (κ3) is 4.15. The lowest BCUT2D eigenvalue weighted by molar-refractivity contribution is 0.158. The van der Waals surface area contributed by atoms with Gasteiger partial charge in [0.05, 0.1) is 0 Å². The number of aromatic nitrogens is 1. The van der Waals surface area contributed by atoms with Gasteiger partial charge in [-0.05, 0) is 57.1 Å². The zero-order valence-corrected chi connectivity index (χ0v) is 14.1. The van der Waals surface area contributed by atoms with Crippen LogP contribution >= 0.6 is 0 Å². The van der Waals surface area contributed by atoms with Crippen LogP contribution in [0.25, 0.3) is 0 Å². The normalized spacial score (nSPS) is 22.0. The Morgan fingerprint density at radius 1 is 1.17 bits per heavy atom. The summed E-state index contributed by atoms with van der Waals surface area (Å²) in [5.41, 5.74) is 1.06. The molecule has 1 N–H and O–H groups in total. The zero-order valence-electron chi connectivity index (χ0n) is 14.1. The number of hydrogen-bond acceptors (Lipinski definition) is 3. The van der Waals surface area contributed by atoms with Crippen LogP contribution in [0.5, 0.6) is 0 Å². The molecule has 0 aromatic carbocycles. The second kappa shape index (κ2) is 7.66. The number of carbonyl (C=O) groups excluding carboxylic acids is 1. The van der Waals surface area contributed by atoms with Crippen molar-refractivity contribution in [3.63, 3.8) is 0 Å². The number of nitrogens with one attached hydrogen (secondary N) is 1. The smallest absolute Gasteiger partial charge is 0.317 e. The van der Waals surface area contributed by atoms with Crippen molar-refractivity contribution >= 4 is 11.8 Å². The number of hydrogen-bond donors (Lipinski definition) is 1. The first-order valence-corrected chi connectivity index (χ1v) is 8.98. The molecule has 2 amide bonds. The van der Waals surface area contributed by atoms with Gasteiger partial charge in [-0.1, -0.05) is 6.07 Å². The average molecular weight is 316 g/mol. The Balaban J connectivity index is 1.51. The molecule has 3 heterocycles. The van der Waals surface area contributed by atoms with E-state index >= 15 is 0 Å². The number of amides is 2. The molecule has 1 aromatic rings. The average Bonchev–Trinajstić information content (AvgIpc) is 2.61. The molecule has 0 aliphatic carbocycles. The first kappa shape index (κ1) is 16.1. The highest BCUT2D eigenvalue weighted by Gasteiger charge is 2.22. The van der Waals surface area contributed by atoms with Crippen LogP contribution in [-0.2, 0) is 6.54 Å². The molecule has 2 aliphatic heterocycles. The fourth-order valence-corrected chi connectivity index (χ4v) is 3.51. The summed E-state index contributed by atoms with van der Waals surface area (Å²) >= 11 is 0. The van der Waals surface area contributed by atoms with Gasteiger partial charge in [0.2, 0.25) is 0 Å². The summed E-state index contributed by atoms with van der Waals surface area (Å²) in [5.74, 6) is 1.06. The van der Waals surface area contributed by atoms with Gasteiger partial charge in [0.15, 0.2) is 0 Å². The molecule has 0 bridgehead atoms. The molecule has 1 atom stereocenters. The molecule has 2 saturated heterocycles. The number of carbonyl (C=O) groups is 1. The number of urea groups is 1. The lowest BCUT2D eigenvalue weighted by Crippen LogP contribution is -2.47. The maximum Gasteiger partial charge on any atom is 0.317 e. The number of piperidine rings is 2. The van der Waals surface area contributed by atoms with Gasteiger partial charge in [-0.25, -0.2) is 9.78 Å². The standard InChI is InChI=1S/C18H28N4O/c1-15-7-3-6-12-22(15)18(23)20-14-16-8-9-17(19-13-16)21-10-4-2-5-11-21/h8-9,13,15H,2-7,10-12,14H2,1H3,(H,20,23). The molecule has 5 nitrogen and oxygen atoms in total. The van der Waals surface area contributed by atoms with E-state index in [4.69, 9.17) is 0 Å². The molecule has 2 aliphatic rings. The molecule has 3 rings (SSSR count). The highest BCUT2D eigenvalue weighted by Crippen LogP contribution is 2.18. The van der Waals surface area contributed by atoms with Crippen molar-refractivity contribution < 1.29 is 4.79 Å². The van der Waals surface area contributed by atoms with Crippen LogP contribution < -0.4 is 10.2 Å². The quantitative estimate of drug-likeness (QED) is 0.932. The Morgan fingerprint density at radius 2 is 1.96 bits per heavy atom. The number of pyridine rings is 1. The van der Waals surface area contributed by atoms with Gasteiger partial charge in [-0.15, -0.1) is 0 Å². The monoisotopic (exact) mass is 316 g/mol. The van der Waals surface area contributed by atoms with Crippen molar-refractivity contribution in [1.29, 1.82) is 0 Å². The summed E-state index contributed by atoms with van der Waals surface area (Å²) in [6, 6.07) is 4.56. The largest absolute Gasteiger partial charge is 0.357 e. The lowest BCUT2D eigenvalue weighted by Gasteiger charge is -2.33. The molecule has 1 aromatic heterocycles. The molecule has 0 saturated carbocycles. The Labute approximate surface area is 139 Å². The summed E-state index contributed by atoms with van der Waals surface area (Å²) in [5, 5.41) is 3.03. The van der Waals surface area contributed by atoms with Crippen molar-refractivity contribution in [3.05, 3.63) is 23.9 Å². The molecule has 0 radical (unpaired) electrons. The molecule has 1 unspecified atom stereocenters. The number of likely N-dealkylation sites (tertiary alicyclic amines) is 1. The fourth-order valence-electron chi connectivity index (χ4n) is 3.51. The van der Waals surface area contributed by atoms with E-state index in [2.05, 4.69) is 34.3 Å². The second-order valence-corrected chi connectivity index (χ2v) is 6.77. The number of anilines is 1. The van der Waals surface area contributed by atoms with Crippen LogP contribution in [0.15, 0.2) is 18.3 Å². The Bertz CT molecular complexity index is 510. The lowest BCUT2D eigenvalue weighted by atomic mass is 10.0. The van der Waals surface area contributed by atoms with Crippen molar-refractivity contribution in [3.8, 4) is 0 Å². The predicted octanol–water partition coefficient (Wildman–Crippen LogP) is 3.16. The van der Waals surface area contributed by atoms with Gasteiger partial charge < -0.3 is 15.1 Å². The maximum atomic E-state index is 12.3. The summed E-state index contributed by atoms with van der Waals surface area (Å²) in [6.07, 6.45) is 9.19. The SMILES string of the molecule is CC1CCCCN1C(=O)NCc1ccc(N2CCCCC2)nc1. The van der Waals surface area contributed by atoms with E-state index in [1.807, 2.05) is 11.1 Å². The van der Waals surface area contributed by atoms with Gasteiger partial charge in [0, 0.05) is 38.4 Å². The zero-order chi connectivity index (χ0) is 16.1. The topological polar surface area (TPSA) is 48.5 Å². The van der Waals surface area contributed by atoms with Gasteiger partial charge in [0.25, 0.3) is 0 Å². The van der Waals surface area contributed by atoms with E-state index in [9.17, 15) is 4.79 Å². The van der Waals surface area contributed by atoms with E-state index in [-0.39, 0.29) is 6.03 Å². The highest BCUT2D eigenvalue weighted by molar-refractivity contribution is 5.74. The van der Waals surface area contributed by atoms with Gasteiger partial charge in [-0.2, -0.15) is 0 Å². The minimum absolute atomic E-state index is 0.0531. The Morgan fingerprint density at radius 3 is 2.65 bits per heavy atom. The van der Waals surface area contributed by atoms with Crippen LogP contribution in [0, 0.1) is 0 Å². The molecule has 5 heteroatoms. The van der Waals surface area contributed by atoms with Crippen molar-refractivity contribution in [2.75, 3.05) is 24.5 Å². The maximum absolute atomic E-state index is 12.3. The van der Waals surface area contributed by atoms with Crippen molar-refractivity contribution in [1.82, 2.24) is 15.2 Å². The Kier molecular flexibility index (Phi) is 5.36. The molecule has 126 valence electrons. The van der Waals surface area contributed by atoms with Gasteiger partial charge in [0.1, 0.15) is 5.82 Å². The first-order valence-electron chi connectivity index (χ1n) is 8.98. The predicted molar refractivity (Wildman–Crippen MR) is 92.6 cm³/mol. The van der Waals surface area contributed by atoms with E-state index in [1.54, 1.807) is 0 Å². The van der Waals surface area contributed by atoms with Crippen molar-refractivity contribution in [2.24, 2.45) is 0 Å². The highest BCUT2D eigenvalue weighted by atomic mass is 16.2. The Hall–Kier alpha value is -1.78.